The summed E-state index contributed by atoms with van der Waals surface area (Å²) in [5.74, 6) is -4.69. The van der Waals surface area contributed by atoms with Gasteiger partial charge >= 0.3 is 24.0 Å². The first-order chi connectivity index (χ1) is 8.68. The molecule has 0 radical (unpaired) electrons. The molecular weight excluding hydrogens is 271 g/mol. The van der Waals surface area contributed by atoms with E-state index in [0.29, 0.717) is 6.42 Å². The maximum Gasteiger partial charge on any atom is 0.471 e. The van der Waals surface area contributed by atoms with Gasteiger partial charge in [0.1, 0.15) is 6.04 Å². The fraction of sp³-hybridized carbons (Fsp3) is 0.700. The monoisotopic (exact) mass is 285 g/mol. The molecule has 0 aromatic rings. The third-order valence-electron chi connectivity index (χ3n) is 1.94. The third-order valence-corrected chi connectivity index (χ3v) is 1.94. The van der Waals surface area contributed by atoms with Crippen LogP contribution in [0.3, 0.4) is 0 Å². The Morgan fingerprint density at radius 3 is 2.32 bits per heavy atom. The summed E-state index contributed by atoms with van der Waals surface area (Å²) in [6.45, 7) is 1.65. The fourth-order valence-electron chi connectivity index (χ4n) is 1.06. The summed E-state index contributed by atoms with van der Waals surface area (Å²) in [5, 5.41) is 9.85. The van der Waals surface area contributed by atoms with Crippen molar-refractivity contribution in [1.29, 1.82) is 0 Å². The average molecular weight is 285 g/mol. The molecule has 110 valence electrons. The number of carboxylic acid groups (broad SMARTS) is 1. The van der Waals surface area contributed by atoms with Crippen molar-refractivity contribution in [3.63, 3.8) is 0 Å². The summed E-state index contributed by atoms with van der Waals surface area (Å²) < 4.78 is 40.7. The van der Waals surface area contributed by atoms with Crippen LogP contribution in [0.2, 0.25) is 0 Å². The second kappa shape index (κ2) is 7.59. The van der Waals surface area contributed by atoms with Crippen LogP contribution in [-0.4, -0.2) is 41.8 Å². The van der Waals surface area contributed by atoms with Gasteiger partial charge in [-0.25, -0.2) is 4.79 Å². The molecule has 1 unspecified atom stereocenters. The summed E-state index contributed by atoms with van der Waals surface area (Å²) in [6, 6.07) is -1.63. The number of hydrogen-bond donors (Lipinski definition) is 2. The summed E-state index contributed by atoms with van der Waals surface area (Å²) in [6.07, 6.45) is -5.74. The molecule has 6 nitrogen and oxygen atoms in total. The molecule has 9 heteroatoms. The number of carbonyl (C=O) groups is 3. The van der Waals surface area contributed by atoms with E-state index in [-0.39, 0.29) is 6.61 Å². The number of amides is 1. The molecule has 1 atom stereocenters. The Morgan fingerprint density at radius 2 is 1.89 bits per heavy atom. The summed E-state index contributed by atoms with van der Waals surface area (Å²) in [7, 11) is 0. The fourth-order valence-corrected chi connectivity index (χ4v) is 1.06. The van der Waals surface area contributed by atoms with Crippen LogP contribution in [0.5, 0.6) is 0 Å². The minimum absolute atomic E-state index is 0.0235. The number of aliphatic carboxylic acids is 1. The molecule has 0 aromatic carbocycles. The second-order valence-electron chi connectivity index (χ2n) is 3.62. The van der Waals surface area contributed by atoms with Crippen molar-refractivity contribution in [3.05, 3.63) is 0 Å². The van der Waals surface area contributed by atoms with Crippen LogP contribution in [0.1, 0.15) is 26.2 Å². The lowest BCUT2D eigenvalue weighted by Crippen LogP contribution is -2.47. The molecule has 0 aliphatic heterocycles. The first-order valence-corrected chi connectivity index (χ1v) is 5.44. The second-order valence-corrected chi connectivity index (χ2v) is 3.62. The van der Waals surface area contributed by atoms with Gasteiger partial charge in [0.15, 0.2) is 0 Å². The molecule has 2 N–H and O–H groups in total. The molecular formula is C10H14F3NO5. The van der Waals surface area contributed by atoms with E-state index in [9.17, 15) is 27.6 Å². The number of nitrogens with one attached hydrogen (secondary N) is 1. The number of esters is 1. The van der Waals surface area contributed by atoms with E-state index in [4.69, 9.17) is 5.11 Å². The first-order valence-electron chi connectivity index (χ1n) is 5.44. The first kappa shape index (κ1) is 17.2. The summed E-state index contributed by atoms with van der Waals surface area (Å²) in [5.41, 5.74) is 0. The van der Waals surface area contributed by atoms with Gasteiger partial charge in [-0.2, -0.15) is 13.2 Å². The van der Waals surface area contributed by atoms with Crippen molar-refractivity contribution in [3.8, 4) is 0 Å². The predicted octanol–water partition coefficient (Wildman–Crippen LogP) is 0.851. The quantitative estimate of drug-likeness (QED) is 0.676. The molecule has 19 heavy (non-hydrogen) atoms. The Balaban J connectivity index is 4.62. The van der Waals surface area contributed by atoms with E-state index in [0.717, 1.165) is 0 Å². The van der Waals surface area contributed by atoms with Gasteiger partial charge in [-0.05, 0) is 12.8 Å². The molecule has 0 aliphatic carbocycles. The van der Waals surface area contributed by atoms with Crippen LogP contribution < -0.4 is 5.32 Å². The molecule has 0 bridgehead atoms. The molecule has 0 saturated heterocycles. The van der Waals surface area contributed by atoms with Crippen molar-refractivity contribution in [2.24, 2.45) is 0 Å². The predicted molar refractivity (Wildman–Crippen MR) is 56.1 cm³/mol. The van der Waals surface area contributed by atoms with Gasteiger partial charge in [-0.3, -0.25) is 9.59 Å². The normalized spacial score (nSPS) is 12.6. The van der Waals surface area contributed by atoms with Gasteiger partial charge in [0.25, 0.3) is 0 Å². The van der Waals surface area contributed by atoms with Crippen molar-refractivity contribution >= 4 is 17.8 Å². The molecule has 0 saturated carbocycles. The maximum absolute atomic E-state index is 12.0. The third kappa shape index (κ3) is 7.27. The van der Waals surface area contributed by atoms with Gasteiger partial charge in [-0.1, -0.05) is 6.92 Å². The van der Waals surface area contributed by atoms with Crippen LogP contribution in [0, 0.1) is 0 Å². The van der Waals surface area contributed by atoms with Crippen molar-refractivity contribution in [1.82, 2.24) is 5.32 Å². The van der Waals surface area contributed by atoms with E-state index in [1.807, 2.05) is 0 Å². The van der Waals surface area contributed by atoms with E-state index in [2.05, 4.69) is 4.74 Å². The Bertz CT molecular complexity index is 343. The standard InChI is InChI=1S/C10H14F3NO5/c1-2-5-19-8(17)6(3-4-7(15)16)14-9(18)10(11,12)13/h6H,2-5H2,1H3,(H,14,18)(H,15,16). The summed E-state index contributed by atoms with van der Waals surface area (Å²) in [4.78, 5) is 32.4. The maximum atomic E-state index is 12.0. The molecule has 1 amide bonds. The van der Waals surface area contributed by atoms with Crippen molar-refractivity contribution < 1.29 is 37.4 Å². The molecule has 0 aliphatic rings. The highest BCUT2D eigenvalue weighted by Crippen LogP contribution is 2.15. The van der Waals surface area contributed by atoms with Crippen LogP contribution in [0.25, 0.3) is 0 Å². The van der Waals surface area contributed by atoms with Crippen LogP contribution in [0.4, 0.5) is 13.2 Å². The van der Waals surface area contributed by atoms with E-state index in [1.54, 1.807) is 6.92 Å². The SMILES string of the molecule is CCCOC(=O)C(CCC(=O)O)NC(=O)C(F)(F)F. The molecule has 0 spiro atoms. The van der Waals surface area contributed by atoms with E-state index >= 15 is 0 Å². The highest BCUT2D eigenvalue weighted by molar-refractivity contribution is 5.87. The summed E-state index contributed by atoms with van der Waals surface area (Å²) >= 11 is 0. The van der Waals surface area contributed by atoms with Gasteiger partial charge in [0.2, 0.25) is 0 Å². The number of carboxylic acids is 1. The minimum atomic E-state index is -5.15. The van der Waals surface area contributed by atoms with E-state index in [1.165, 1.54) is 5.32 Å². The number of hydrogen-bond acceptors (Lipinski definition) is 4. The topological polar surface area (TPSA) is 92.7 Å². The smallest absolute Gasteiger partial charge is 0.471 e. The number of rotatable bonds is 7. The minimum Gasteiger partial charge on any atom is -0.481 e. The van der Waals surface area contributed by atoms with Gasteiger partial charge in [-0.15, -0.1) is 0 Å². The Labute approximate surface area is 106 Å². The Morgan fingerprint density at radius 1 is 1.32 bits per heavy atom. The highest BCUT2D eigenvalue weighted by atomic mass is 19.4. The molecule has 0 rings (SSSR count). The number of ether oxygens (including phenoxy) is 1. The van der Waals surface area contributed by atoms with E-state index < -0.39 is 42.9 Å². The number of alkyl halides is 3. The van der Waals surface area contributed by atoms with Crippen molar-refractivity contribution in [2.75, 3.05) is 6.61 Å². The number of carbonyl (C=O) groups excluding carboxylic acids is 2. The molecule has 0 heterocycles. The highest BCUT2D eigenvalue weighted by Gasteiger charge is 2.41. The zero-order chi connectivity index (χ0) is 15.1. The van der Waals surface area contributed by atoms with Crippen LogP contribution in [-0.2, 0) is 19.1 Å². The molecule has 0 fully saturated rings. The largest absolute Gasteiger partial charge is 0.481 e. The lowest BCUT2D eigenvalue weighted by atomic mass is 10.1. The van der Waals surface area contributed by atoms with Gasteiger partial charge in [0, 0.05) is 6.42 Å². The Hall–Kier alpha value is -1.80. The van der Waals surface area contributed by atoms with Crippen LogP contribution in [0.15, 0.2) is 0 Å². The molecule has 0 aromatic heterocycles. The van der Waals surface area contributed by atoms with Gasteiger partial charge in [0.05, 0.1) is 6.61 Å². The zero-order valence-electron chi connectivity index (χ0n) is 10.1. The van der Waals surface area contributed by atoms with Crippen LogP contribution >= 0.6 is 0 Å². The zero-order valence-corrected chi connectivity index (χ0v) is 10.1. The Kier molecular flexibility index (Phi) is 6.87. The van der Waals surface area contributed by atoms with Crippen molar-refractivity contribution in [2.45, 2.75) is 38.4 Å². The lowest BCUT2D eigenvalue weighted by molar-refractivity contribution is -0.176. The lowest BCUT2D eigenvalue weighted by Gasteiger charge is -2.17. The average Bonchev–Trinajstić information content (AvgIpc) is 2.29. The number of halogens is 3. The van der Waals surface area contributed by atoms with Gasteiger partial charge < -0.3 is 15.2 Å².